The standard InChI is InChI=1S/C31H40N12O6/c1-16-25(44)40-22(13-32)27(46)41-23(15-37-31(49)39-19-9-5-8-18(12-19)17-6-3-2-4-7-17)28(47)43-24(21-10-11-35-30(34)42-21)29(48)36-14-20(33)26(45)38-16/h2-9,12,15-16,20-22,24H,10-11,13-14,32-33H2,1H3,(H,36,48)(H,38,45)(H,40,44)(H,41,46)(H,43,47)(H3,34,35,42)(H2,37,39,49)/b23-15-/t16-,20?,21?,22-,24-/m0/s1. The minimum atomic E-state index is -1.37. The number of nitrogens with one attached hydrogen (secondary N) is 10. The first-order valence-corrected chi connectivity index (χ1v) is 15.4. The fourth-order valence-electron chi connectivity index (χ4n) is 4.90. The second-order valence-corrected chi connectivity index (χ2v) is 11.3. The highest BCUT2D eigenvalue weighted by Crippen LogP contribution is 2.22. The summed E-state index contributed by atoms with van der Waals surface area (Å²) in [5.74, 6) is -4.30. The molecule has 7 amide bonds. The fourth-order valence-corrected chi connectivity index (χ4v) is 4.90. The smallest absolute Gasteiger partial charge is 0.323 e. The molecule has 49 heavy (non-hydrogen) atoms. The van der Waals surface area contributed by atoms with Crippen molar-refractivity contribution in [1.29, 1.82) is 5.41 Å². The lowest BCUT2D eigenvalue weighted by Crippen LogP contribution is -2.64. The molecule has 2 saturated heterocycles. The van der Waals surface area contributed by atoms with Crippen molar-refractivity contribution < 1.29 is 28.8 Å². The second kappa shape index (κ2) is 16.7. The number of urea groups is 1. The molecule has 5 atom stereocenters. The molecular weight excluding hydrogens is 636 g/mol. The molecule has 2 aliphatic heterocycles. The van der Waals surface area contributed by atoms with Crippen LogP contribution in [-0.4, -0.2) is 91.4 Å². The van der Waals surface area contributed by atoms with Gasteiger partial charge in [0.25, 0.3) is 5.91 Å². The molecule has 260 valence electrons. The van der Waals surface area contributed by atoms with Crippen molar-refractivity contribution in [1.82, 2.24) is 42.5 Å². The quantitative estimate of drug-likeness (QED) is 0.145. The minimum Gasteiger partial charge on any atom is -0.357 e. The van der Waals surface area contributed by atoms with Crippen LogP contribution < -0.4 is 59.3 Å². The van der Waals surface area contributed by atoms with E-state index in [1.54, 1.807) is 18.2 Å². The normalized spacial score (nSPS) is 25.0. The number of hydrogen-bond donors (Lipinski definition) is 12. The number of benzene rings is 2. The number of anilines is 1. The first kappa shape index (κ1) is 35.8. The predicted octanol–water partition coefficient (Wildman–Crippen LogP) is -2.79. The number of hydrogen-bond acceptors (Lipinski definition) is 9. The van der Waals surface area contributed by atoms with Gasteiger partial charge >= 0.3 is 6.03 Å². The highest BCUT2D eigenvalue weighted by atomic mass is 16.2. The summed E-state index contributed by atoms with van der Waals surface area (Å²) in [5, 5.41) is 30.8. The van der Waals surface area contributed by atoms with Crippen molar-refractivity contribution in [3.63, 3.8) is 0 Å². The summed E-state index contributed by atoms with van der Waals surface area (Å²) in [6.45, 7) is 0.911. The molecule has 2 heterocycles. The van der Waals surface area contributed by atoms with Crippen LogP contribution in [0.4, 0.5) is 10.5 Å². The molecule has 4 rings (SSSR count). The number of carbonyl (C=O) groups is 6. The van der Waals surface area contributed by atoms with E-state index in [-0.39, 0.29) is 12.5 Å². The summed E-state index contributed by atoms with van der Waals surface area (Å²) in [5.41, 5.74) is 13.4. The third-order valence-electron chi connectivity index (χ3n) is 7.59. The molecular formula is C31H40N12O6. The van der Waals surface area contributed by atoms with Crippen LogP contribution in [0.3, 0.4) is 0 Å². The SMILES string of the molecule is C[C@@H]1NC(=O)C(N)CNC(=O)[C@H](C2CCNC(=N)N2)NC(=O)/C(=C/NC(=O)Nc2cccc(-c3ccccc3)c2)NC(=O)[C@H](CN)NC1=O. The molecule has 18 nitrogen and oxygen atoms in total. The summed E-state index contributed by atoms with van der Waals surface area (Å²) >= 11 is 0. The van der Waals surface area contributed by atoms with Gasteiger partial charge in [-0.25, -0.2) is 4.79 Å². The van der Waals surface area contributed by atoms with Gasteiger partial charge in [-0.05, 0) is 36.6 Å². The molecule has 2 aromatic carbocycles. The molecule has 2 fully saturated rings. The maximum absolute atomic E-state index is 13.7. The zero-order valence-corrected chi connectivity index (χ0v) is 26.6. The zero-order valence-electron chi connectivity index (χ0n) is 26.6. The monoisotopic (exact) mass is 676 g/mol. The van der Waals surface area contributed by atoms with Crippen LogP contribution in [0.2, 0.25) is 0 Å². The maximum atomic E-state index is 13.7. The van der Waals surface area contributed by atoms with E-state index in [2.05, 4.69) is 47.9 Å². The number of amides is 7. The van der Waals surface area contributed by atoms with Crippen molar-refractivity contribution in [3.8, 4) is 11.1 Å². The zero-order chi connectivity index (χ0) is 35.5. The van der Waals surface area contributed by atoms with Crippen LogP contribution in [0.1, 0.15) is 13.3 Å². The highest BCUT2D eigenvalue weighted by Gasteiger charge is 2.35. The Morgan fingerprint density at radius 3 is 2.35 bits per heavy atom. The van der Waals surface area contributed by atoms with Gasteiger partial charge in [0, 0.05) is 31.5 Å². The number of nitrogens with two attached hydrogens (primary N) is 2. The van der Waals surface area contributed by atoms with Crippen molar-refractivity contribution in [2.45, 2.75) is 43.6 Å². The van der Waals surface area contributed by atoms with E-state index >= 15 is 0 Å². The van der Waals surface area contributed by atoms with Crippen LogP contribution in [0, 0.1) is 5.41 Å². The van der Waals surface area contributed by atoms with Gasteiger partial charge in [-0.15, -0.1) is 0 Å². The third kappa shape index (κ3) is 9.99. The first-order valence-electron chi connectivity index (χ1n) is 15.4. The molecule has 0 spiro atoms. The molecule has 0 aromatic heterocycles. The lowest BCUT2D eigenvalue weighted by atomic mass is 10.0. The molecule has 0 aliphatic carbocycles. The molecule has 0 bridgehead atoms. The van der Waals surface area contributed by atoms with Gasteiger partial charge in [-0.1, -0.05) is 42.5 Å². The number of guanidine groups is 1. The van der Waals surface area contributed by atoms with Gasteiger partial charge in [0.15, 0.2) is 5.96 Å². The van der Waals surface area contributed by atoms with E-state index in [9.17, 15) is 28.8 Å². The predicted molar refractivity (Wildman–Crippen MR) is 179 cm³/mol. The van der Waals surface area contributed by atoms with E-state index in [1.165, 1.54) is 6.92 Å². The Balaban J connectivity index is 1.61. The lowest BCUT2D eigenvalue weighted by molar-refractivity contribution is -0.132. The van der Waals surface area contributed by atoms with Gasteiger partial charge in [0.1, 0.15) is 29.9 Å². The molecule has 2 aliphatic rings. The van der Waals surface area contributed by atoms with E-state index < -0.39 is 78.0 Å². The van der Waals surface area contributed by atoms with Crippen LogP contribution in [0.15, 0.2) is 66.5 Å². The molecule has 18 heteroatoms. The third-order valence-corrected chi connectivity index (χ3v) is 7.59. The fraction of sp³-hybridized carbons (Fsp3) is 0.323. The summed E-state index contributed by atoms with van der Waals surface area (Å²) in [6.07, 6.45) is 1.22. The van der Waals surface area contributed by atoms with Crippen LogP contribution in [0.25, 0.3) is 11.1 Å². The van der Waals surface area contributed by atoms with E-state index in [1.807, 2.05) is 36.4 Å². The van der Waals surface area contributed by atoms with Crippen molar-refractivity contribution in [2.24, 2.45) is 11.5 Å². The Morgan fingerprint density at radius 2 is 1.63 bits per heavy atom. The second-order valence-electron chi connectivity index (χ2n) is 11.3. The minimum absolute atomic E-state index is 0.0872. The topological polar surface area (TPSA) is 287 Å². The Kier molecular flexibility index (Phi) is 12.2. The molecule has 0 saturated carbocycles. The molecule has 2 unspecified atom stereocenters. The Morgan fingerprint density at radius 1 is 0.898 bits per heavy atom. The summed E-state index contributed by atoms with van der Waals surface area (Å²) in [6, 6.07) is 9.85. The van der Waals surface area contributed by atoms with Crippen LogP contribution >= 0.6 is 0 Å². The maximum Gasteiger partial charge on any atom is 0.323 e. The summed E-state index contributed by atoms with van der Waals surface area (Å²) < 4.78 is 0. The number of carbonyl (C=O) groups excluding carboxylic acids is 6. The molecule has 2 aromatic rings. The largest absolute Gasteiger partial charge is 0.357 e. The Bertz CT molecular complexity index is 1620. The van der Waals surface area contributed by atoms with Crippen LogP contribution in [-0.2, 0) is 24.0 Å². The first-order chi connectivity index (χ1) is 23.4. The van der Waals surface area contributed by atoms with Crippen molar-refractivity contribution in [2.75, 3.05) is 25.0 Å². The van der Waals surface area contributed by atoms with E-state index in [0.29, 0.717) is 18.7 Å². The van der Waals surface area contributed by atoms with Crippen LogP contribution in [0.5, 0.6) is 0 Å². The van der Waals surface area contributed by atoms with Crippen molar-refractivity contribution >= 4 is 47.2 Å². The van der Waals surface area contributed by atoms with Gasteiger partial charge < -0.3 is 59.3 Å². The average Bonchev–Trinajstić information content (AvgIpc) is 3.09. The lowest BCUT2D eigenvalue weighted by Gasteiger charge is -2.33. The Labute approximate surface area is 281 Å². The molecule has 0 radical (unpaired) electrons. The average molecular weight is 677 g/mol. The summed E-state index contributed by atoms with van der Waals surface area (Å²) in [4.78, 5) is 78.6. The van der Waals surface area contributed by atoms with E-state index in [4.69, 9.17) is 16.9 Å². The van der Waals surface area contributed by atoms with Gasteiger partial charge in [-0.3, -0.25) is 29.4 Å². The summed E-state index contributed by atoms with van der Waals surface area (Å²) in [7, 11) is 0. The highest BCUT2D eigenvalue weighted by molar-refractivity contribution is 6.02. The Hall–Kier alpha value is -6.01. The van der Waals surface area contributed by atoms with Gasteiger partial charge in [-0.2, -0.15) is 0 Å². The van der Waals surface area contributed by atoms with Gasteiger partial charge in [0.2, 0.25) is 23.6 Å². The number of rotatable bonds is 5. The van der Waals surface area contributed by atoms with Gasteiger partial charge in [0.05, 0.1) is 6.04 Å². The van der Waals surface area contributed by atoms with E-state index in [0.717, 1.165) is 17.3 Å². The molecule has 14 N–H and O–H groups in total. The van der Waals surface area contributed by atoms with Crippen molar-refractivity contribution in [3.05, 3.63) is 66.5 Å².